The number of benzene rings is 10. The Balaban J connectivity index is 1.14. The predicted octanol–water partition coefficient (Wildman–Crippen LogP) is 15.2. The quantitative estimate of drug-likeness (QED) is 0.177. The fraction of sp³-hybridized carbons (Fsp3) is 0. The molecule has 14 aromatic rings. The molecule has 63 heavy (non-hydrogen) atoms. The minimum atomic E-state index is 0.510. The number of rotatable bonds is 4. The fourth-order valence-electron chi connectivity index (χ4n) is 9.90. The molecule has 0 aliphatic rings. The lowest BCUT2D eigenvalue weighted by molar-refractivity contribution is 0.669. The van der Waals surface area contributed by atoms with Crippen LogP contribution in [0.15, 0.2) is 203 Å². The molecule has 0 atom stereocenters. The van der Waals surface area contributed by atoms with Gasteiger partial charge in [-0.15, -0.1) is 0 Å². The Morgan fingerprint density at radius 2 is 0.968 bits per heavy atom. The minimum absolute atomic E-state index is 0.510. The van der Waals surface area contributed by atoms with E-state index in [0.29, 0.717) is 23.1 Å². The summed E-state index contributed by atoms with van der Waals surface area (Å²) in [5.41, 5.74) is 8.80. The Morgan fingerprint density at radius 3 is 1.84 bits per heavy atom. The molecule has 0 N–H and O–H groups in total. The van der Waals surface area contributed by atoms with Gasteiger partial charge in [0.2, 0.25) is 0 Å². The predicted molar refractivity (Wildman–Crippen MR) is 258 cm³/mol. The van der Waals surface area contributed by atoms with Crippen LogP contribution in [0.1, 0.15) is 0 Å². The van der Waals surface area contributed by atoms with Gasteiger partial charge < -0.3 is 13.4 Å². The second-order valence-electron chi connectivity index (χ2n) is 16.3. The first-order chi connectivity index (χ1) is 31.2. The third-order valence-corrected chi connectivity index (χ3v) is 12.8. The second kappa shape index (κ2) is 12.9. The van der Waals surface area contributed by atoms with Crippen LogP contribution in [0.2, 0.25) is 0 Å². The summed E-state index contributed by atoms with van der Waals surface area (Å²) < 4.78 is 15.8. The molecule has 0 fully saturated rings. The Bertz CT molecular complexity index is 4230. The molecule has 0 bridgehead atoms. The monoisotopic (exact) mass is 804 g/mol. The molecular weight excluding hydrogens is 773 g/mol. The van der Waals surface area contributed by atoms with Gasteiger partial charge in [-0.2, -0.15) is 0 Å². The topological polar surface area (TPSA) is 69.9 Å². The largest absolute Gasteiger partial charge is 0.456 e. The van der Waals surface area contributed by atoms with Gasteiger partial charge >= 0.3 is 0 Å². The van der Waals surface area contributed by atoms with Crippen molar-refractivity contribution in [3.63, 3.8) is 0 Å². The molecule has 0 saturated carbocycles. The Kier molecular flexibility index (Phi) is 7.02. The van der Waals surface area contributed by atoms with Gasteiger partial charge in [0, 0.05) is 48.8 Å². The number of nitrogens with zero attached hydrogens (tertiary/aromatic N) is 4. The summed E-state index contributed by atoms with van der Waals surface area (Å²) in [5, 5.41) is 13.1. The first-order valence-corrected chi connectivity index (χ1v) is 21.2. The van der Waals surface area contributed by atoms with Crippen LogP contribution >= 0.6 is 0 Å². The van der Waals surface area contributed by atoms with Gasteiger partial charge in [0.15, 0.2) is 17.5 Å². The van der Waals surface area contributed by atoms with Crippen LogP contribution in [-0.2, 0) is 0 Å². The number of furan rings is 2. The number of para-hydroxylation sites is 2. The van der Waals surface area contributed by atoms with E-state index in [4.69, 9.17) is 23.8 Å². The number of fused-ring (bicyclic) bond motifs is 13. The van der Waals surface area contributed by atoms with Gasteiger partial charge in [0.25, 0.3) is 0 Å². The highest BCUT2D eigenvalue weighted by Gasteiger charge is 2.26. The number of aromatic nitrogens is 4. The molecule has 4 aromatic heterocycles. The first-order valence-electron chi connectivity index (χ1n) is 21.2. The van der Waals surface area contributed by atoms with Gasteiger partial charge in [-0.3, -0.25) is 0 Å². The lowest BCUT2D eigenvalue weighted by Crippen LogP contribution is -2.04. The molecule has 0 aliphatic carbocycles. The summed E-state index contributed by atoms with van der Waals surface area (Å²) in [6, 6.07) is 68.0. The van der Waals surface area contributed by atoms with Crippen molar-refractivity contribution >= 4 is 98.0 Å². The van der Waals surface area contributed by atoms with Crippen molar-refractivity contribution in [2.75, 3.05) is 0 Å². The first kappa shape index (κ1) is 34.1. The average molecular weight is 805 g/mol. The van der Waals surface area contributed by atoms with Crippen LogP contribution in [0.5, 0.6) is 0 Å². The normalized spacial score (nSPS) is 12.1. The molecule has 10 aromatic carbocycles. The molecule has 14 rings (SSSR count). The van der Waals surface area contributed by atoms with E-state index >= 15 is 0 Å². The van der Waals surface area contributed by atoms with Crippen molar-refractivity contribution in [3.05, 3.63) is 194 Å². The van der Waals surface area contributed by atoms with E-state index in [1.54, 1.807) is 0 Å². The maximum absolute atomic E-state index is 7.22. The van der Waals surface area contributed by atoms with E-state index in [9.17, 15) is 0 Å². The average Bonchev–Trinajstić information content (AvgIpc) is 4.02. The minimum Gasteiger partial charge on any atom is -0.456 e. The molecule has 0 radical (unpaired) electrons. The van der Waals surface area contributed by atoms with Crippen molar-refractivity contribution in [3.8, 4) is 39.9 Å². The number of hydrogen-bond acceptors (Lipinski definition) is 5. The third kappa shape index (κ3) is 5.03. The van der Waals surface area contributed by atoms with E-state index in [1.165, 1.54) is 10.8 Å². The zero-order chi connectivity index (χ0) is 41.2. The lowest BCUT2D eigenvalue weighted by Gasteiger charge is -2.16. The summed E-state index contributed by atoms with van der Waals surface area (Å²) in [4.78, 5) is 16.3. The zero-order valence-corrected chi connectivity index (χ0v) is 33.6. The Morgan fingerprint density at radius 1 is 0.333 bits per heavy atom. The maximum atomic E-state index is 7.22. The highest BCUT2D eigenvalue weighted by Crippen LogP contribution is 2.45. The highest BCUT2D eigenvalue weighted by molar-refractivity contribution is 6.19. The van der Waals surface area contributed by atoms with Gasteiger partial charge in [-0.05, 0) is 87.6 Å². The fourth-order valence-corrected chi connectivity index (χ4v) is 9.90. The summed E-state index contributed by atoms with van der Waals surface area (Å²) >= 11 is 0. The molecule has 6 nitrogen and oxygen atoms in total. The van der Waals surface area contributed by atoms with Crippen LogP contribution in [0.25, 0.3) is 138 Å². The van der Waals surface area contributed by atoms with Gasteiger partial charge in [0.1, 0.15) is 22.3 Å². The number of hydrogen-bond donors (Lipinski definition) is 0. The van der Waals surface area contributed by atoms with Crippen molar-refractivity contribution < 1.29 is 8.83 Å². The molecule has 0 spiro atoms. The Hall–Kier alpha value is -8.61. The zero-order valence-electron chi connectivity index (χ0n) is 33.6. The Labute approximate surface area is 358 Å². The molecule has 0 saturated heterocycles. The smallest absolute Gasteiger partial charge is 0.170 e. The summed E-state index contributed by atoms with van der Waals surface area (Å²) in [6.07, 6.45) is 0. The van der Waals surface area contributed by atoms with Crippen LogP contribution in [-0.4, -0.2) is 19.5 Å². The third-order valence-electron chi connectivity index (χ3n) is 12.8. The van der Waals surface area contributed by atoms with Gasteiger partial charge in [0.05, 0.1) is 22.3 Å². The standard InChI is InChI=1S/C57H32N4O2/c1-2-15-36-32-49-45(30-35(36)14-1)40-19-7-9-22-47(40)61(49)48-28-27-43-42-26-24-34-13-4-6-18-39(34)53(42)63-54(43)52(48)57-59-55(37-25-29-51-46(31-37)41-20-8-10-23-50(41)62-51)58-56(60-57)44-21-11-16-33-12-3-5-17-38(33)44/h1-32H. The van der Waals surface area contributed by atoms with Crippen LogP contribution < -0.4 is 0 Å². The molecule has 292 valence electrons. The van der Waals surface area contributed by atoms with Crippen molar-refractivity contribution in [2.45, 2.75) is 0 Å². The second-order valence-corrected chi connectivity index (χ2v) is 16.3. The lowest BCUT2D eigenvalue weighted by atomic mass is 10.0. The van der Waals surface area contributed by atoms with Crippen molar-refractivity contribution in [2.24, 2.45) is 0 Å². The molecule has 0 aliphatic heterocycles. The van der Waals surface area contributed by atoms with E-state index in [0.717, 1.165) is 104 Å². The van der Waals surface area contributed by atoms with E-state index in [-0.39, 0.29) is 0 Å². The molecule has 4 heterocycles. The van der Waals surface area contributed by atoms with Gasteiger partial charge in [-0.25, -0.2) is 15.0 Å². The summed E-state index contributed by atoms with van der Waals surface area (Å²) in [5.74, 6) is 1.63. The van der Waals surface area contributed by atoms with Crippen LogP contribution in [0.3, 0.4) is 0 Å². The van der Waals surface area contributed by atoms with Gasteiger partial charge in [-0.1, -0.05) is 133 Å². The highest BCUT2D eigenvalue weighted by atomic mass is 16.3. The molecule has 6 heteroatoms. The van der Waals surface area contributed by atoms with E-state index in [2.05, 4.69) is 168 Å². The summed E-state index contributed by atoms with van der Waals surface area (Å²) in [6.45, 7) is 0. The molecule has 0 unspecified atom stereocenters. The maximum Gasteiger partial charge on any atom is 0.170 e. The SMILES string of the molecule is c1ccc2cc3c(cc2c1)c1ccccc1n3-c1ccc2c(oc3c4ccccc4ccc23)c1-c1nc(-c2ccc3oc4ccccc4c3c2)nc(-c2cccc3ccccc23)n1. The molecule has 0 amide bonds. The van der Waals surface area contributed by atoms with Crippen LogP contribution in [0, 0.1) is 0 Å². The van der Waals surface area contributed by atoms with Crippen LogP contribution in [0.4, 0.5) is 0 Å². The van der Waals surface area contributed by atoms with Crippen molar-refractivity contribution in [1.29, 1.82) is 0 Å². The van der Waals surface area contributed by atoms with Crippen molar-refractivity contribution in [1.82, 2.24) is 19.5 Å². The summed E-state index contributed by atoms with van der Waals surface area (Å²) in [7, 11) is 0. The van der Waals surface area contributed by atoms with E-state index < -0.39 is 0 Å². The molecular formula is C57H32N4O2. The van der Waals surface area contributed by atoms with E-state index in [1.807, 2.05) is 30.3 Å².